The SMILES string of the molecule is Cc1ccc(Cn2nc(C)c3cc(C(=O)N(C)Cc4ccc(C)o4)sc32)cc1. The lowest BCUT2D eigenvalue weighted by Crippen LogP contribution is -2.25. The van der Waals surface area contributed by atoms with Gasteiger partial charge in [0.15, 0.2) is 0 Å². The molecule has 0 spiro atoms. The number of amides is 1. The molecule has 5 nitrogen and oxygen atoms in total. The zero-order chi connectivity index (χ0) is 19.8. The minimum absolute atomic E-state index is 0.00320. The minimum atomic E-state index is -0.00320. The van der Waals surface area contributed by atoms with Crippen LogP contribution in [-0.2, 0) is 13.1 Å². The van der Waals surface area contributed by atoms with Gasteiger partial charge in [0, 0.05) is 12.4 Å². The highest BCUT2D eigenvalue weighted by Gasteiger charge is 2.20. The van der Waals surface area contributed by atoms with Gasteiger partial charge in [0.1, 0.15) is 16.4 Å². The molecule has 0 aliphatic heterocycles. The van der Waals surface area contributed by atoms with Crippen LogP contribution in [0.2, 0.25) is 0 Å². The molecule has 6 heteroatoms. The summed E-state index contributed by atoms with van der Waals surface area (Å²) in [5.74, 6) is 1.64. The van der Waals surface area contributed by atoms with Crippen molar-refractivity contribution in [3.63, 3.8) is 0 Å². The van der Waals surface area contributed by atoms with Gasteiger partial charge in [0.25, 0.3) is 5.91 Å². The fourth-order valence-corrected chi connectivity index (χ4v) is 4.41. The van der Waals surface area contributed by atoms with Crippen molar-refractivity contribution in [2.24, 2.45) is 0 Å². The summed E-state index contributed by atoms with van der Waals surface area (Å²) >= 11 is 1.50. The zero-order valence-electron chi connectivity index (χ0n) is 16.5. The first kappa shape index (κ1) is 18.5. The van der Waals surface area contributed by atoms with Crippen molar-refractivity contribution in [2.45, 2.75) is 33.9 Å². The highest BCUT2D eigenvalue weighted by molar-refractivity contribution is 7.20. The van der Waals surface area contributed by atoms with E-state index in [9.17, 15) is 4.79 Å². The Morgan fingerprint density at radius 1 is 1.14 bits per heavy atom. The van der Waals surface area contributed by atoms with Crippen LogP contribution in [0.15, 0.2) is 46.9 Å². The highest BCUT2D eigenvalue weighted by atomic mass is 32.1. The van der Waals surface area contributed by atoms with Crippen LogP contribution in [-0.4, -0.2) is 27.6 Å². The average Bonchev–Trinajstić information content (AvgIpc) is 3.34. The Bertz CT molecular complexity index is 1130. The summed E-state index contributed by atoms with van der Waals surface area (Å²) in [7, 11) is 1.80. The molecule has 3 heterocycles. The van der Waals surface area contributed by atoms with Crippen molar-refractivity contribution in [2.75, 3.05) is 7.05 Å². The first-order valence-corrected chi connectivity index (χ1v) is 10.1. The van der Waals surface area contributed by atoms with Gasteiger partial charge in [-0.3, -0.25) is 9.48 Å². The number of carbonyl (C=O) groups is 1. The fraction of sp³-hybridized carbons (Fsp3) is 0.273. The summed E-state index contributed by atoms with van der Waals surface area (Å²) in [5, 5.41) is 5.71. The Balaban J connectivity index is 1.58. The van der Waals surface area contributed by atoms with Gasteiger partial charge >= 0.3 is 0 Å². The van der Waals surface area contributed by atoms with E-state index in [4.69, 9.17) is 4.42 Å². The monoisotopic (exact) mass is 393 g/mol. The summed E-state index contributed by atoms with van der Waals surface area (Å²) < 4.78 is 7.59. The minimum Gasteiger partial charge on any atom is -0.464 e. The van der Waals surface area contributed by atoms with Gasteiger partial charge in [-0.05, 0) is 44.5 Å². The molecule has 0 saturated carbocycles. The van der Waals surface area contributed by atoms with Crippen LogP contribution in [0.3, 0.4) is 0 Å². The molecular weight excluding hydrogens is 370 g/mol. The molecular formula is C22H23N3O2S. The topological polar surface area (TPSA) is 51.3 Å². The summed E-state index contributed by atoms with van der Waals surface area (Å²) in [5.41, 5.74) is 3.38. The average molecular weight is 394 g/mol. The van der Waals surface area contributed by atoms with Crippen molar-refractivity contribution in [3.8, 4) is 0 Å². The van der Waals surface area contributed by atoms with Gasteiger partial charge < -0.3 is 9.32 Å². The number of nitrogens with zero attached hydrogens (tertiary/aromatic N) is 3. The van der Waals surface area contributed by atoms with Crippen LogP contribution in [0.5, 0.6) is 0 Å². The molecule has 0 N–H and O–H groups in total. The van der Waals surface area contributed by atoms with Crippen molar-refractivity contribution >= 4 is 27.5 Å². The van der Waals surface area contributed by atoms with Gasteiger partial charge in [0.2, 0.25) is 0 Å². The lowest BCUT2D eigenvalue weighted by molar-refractivity contribution is 0.0780. The lowest BCUT2D eigenvalue weighted by atomic mass is 10.1. The number of fused-ring (bicyclic) bond motifs is 1. The molecule has 144 valence electrons. The number of carbonyl (C=O) groups excluding carboxylic acids is 1. The number of hydrogen-bond acceptors (Lipinski definition) is 4. The number of thiophene rings is 1. The van der Waals surface area contributed by atoms with Crippen molar-refractivity contribution in [3.05, 3.63) is 75.7 Å². The highest BCUT2D eigenvalue weighted by Crippen LogP contribution is 2.30. The lowest BCUT2D eigenvalue weighted by Gasteiger charge is -2.14. The van der Waals surface area contributed by atoms with Gasteiger partial charge in [-0.15, -0.1) is 11.3 Å². The first-order chi connectivity index (χ1) is 13.4. The molecule has 3 aromatic heterocycles. The van der Waals surface area contributed by atoms with E-state index in [2.05, 4.69) is 36.3 Å². The maximum atomic E-state index is 12.9. The second kappa shape index (κ2) is 7.28. The van der Waals surface area contributed by atoms with Crippen LogP contribution < -0.4 is 0 Å². The third-order valence-corrected chi connectivity index (χ3v) is 5.94. The van der Waals surface area contributed by atoms with Gasteiger partial charge in [-0.2, -0.15) is 5.10 Å². The molecule has 4 aromatic rings. The van der Waals surface area contributed by atoms with E-state index >= 15 is 0 Å². The number of furan rings is 1. The molecule has 0 fully saturated rings. The van der Waals surface area contributed by atoms with Crippen LogP contribution in [0.4, 0.5) is 0 Å². The molecule has 1 amide bonds. The second-order valence-corrected chi connectivity index (χ2v) is 8.26. The normalized spacial score (nSPS) is 11.3. The standard InChI is InChI=1S/C22H23N3O2S/c1-14-5-8-17(9-6-14)12-25-22-19(16(3)23-25)11-20(28-22)21(26)24(4)13-18-10-7-15(2)27-18/h5-11H,12-13H2,1-4H3. The first-order valence-electron chi connectivity index (χ1n) is 9.24. The van der Waals surface area contributed by atoms with Gasteiger partial charge in [-0.25, -0.2) is 0 Å². The Morgan fingerprint density at radius 2 is 1.89 bits per heavy atom. The Labute approximate surface area is 168 Å². The summed E-state index contributed by atoms with van der Waals surface area (Å²) in [6.07, 6.45) is 0. The Morgan fingerprint density at radius 3 is 2.57 bits per heavy atom. The number of aryl methyl sites for hydroxylation is 3. The number of aromatic nitrogens is 2. The van der Waals surface area contributed by atoms with Gasteiger partial charge in [-0.1, -0.05) is 29.8 Å². The maximum absolute atomic E-state index is 12.9. The molecule has 4 rings (SSSR count). The summed E-state index contributed by atoms with van der Waals surface area (Å²) in [6, 6.07) is 14.2. The summed E-state index contributed by atoms with van der Waals surface area (Å²) in [6.45, 7) is 7.12. The molecule has 0 bridgehead atoms. The predicted octanol–water partition coefficient (Wildman–Crippen LogP) is 4.94. The molecule has 28 heavy (non-hydrogen) atoms. The molecule has 0 atom stereocenters. The number of rotatable bonds is 5. The summed E-state index contributed by atoms with van der Waals surface area (Å²) in [4.78, 5) is 16.3. The molecule has 0 unspecified atom stereocenters. The van der Waals surface area contributed by atoms with E-state index < -0.39 is 0 Å². The fourth-order valence-electron chi connectivity index (χ4n) is 3.26. The molecule has 0 saturated heterocycles. The Kier molecular flexibility index (Phi) is 4.81. The molecule has 1 aromatic carbocycles. The van der Waals surface area contributed by atoms with E-state index in [1.165, 1.54) is 22.5 Å². The van der Waals surface area contributed by atoms with Crippen molar-refractivity contribution < 1.29 is 9.21 Å². The van der Waals surface area contributed by atoms with Crippen LogP contribution in [0.1, 0.15) is 38.0 Å². The third kappa shape index (κ3) is 3.60. The van der Waals surface area contributed by atoms with Gasteiger partial charge in [0.05, 0.1) is 23.7 Å². The Hall–Kier alpha value is -2.86. The predicted molar refractivity (Wildman–Crippen MR) is 112 cm³/mol. The van der Waals surface area contributed by atoms with Crippen molar-refractivity contribution in [1.29, 1.82) is 0 Å². The number of benzene rings is 1. The van der Waals surface area contributed by atoms with E-state index in [-0.39, 0.29) is 5.91 Å². The van der Waals surface area contributed by atoms with E-state index in [1.807, 2.05) is 36.7 Å². The largest absolute Gasteiger partial charge is 0.464 e. The zero-order valence-corrected chi connectivity index (χ0v) is 17.3. The van der Waals surface area contributed by atoms with Crippen LogP contribution in [0.25, 0.3) is 10.2 Å². The smallest absolute Gasteiger partial charge is 0.264 e. The van der Waals surface area contributed by atoms with Crippen LogP contribution >= 0.6 is 11.3 Å². The molecule has 0 radical (unpaired) electrons. The quantitative estimate of drug-likeness (QED) is 0.483. The van der Waals surface area contributed by atoms with E-state index in [0.717, 1.165) is 32.3 Å². The maximum Gasteiger partial charge on any atom is 0.264 e. The van der Waals surface area contributed by atoms with E-state index in [1.54, 1.807) is 11.9 Å². The van der Waals surface area contributed by atoms with E-state index in [0.29, 0.717) is 13.1 Å². The number of hydrogen-bond donors (Lipinski definition) is 0. The molecule has 0 aliphatic rings. The molecule has 0 aliphatic carbocycles. The second-order valence-electron chi connectivity index (χ2n) is 7.23. The van der Waals surface area contributed by atoms with Crippen LogP contribution in [0, 0.1) is 20.8 Å². The third-order valence-electron chi connectivity index (χ3n) is 4.81. The van der Waals surface area contributed by atoms with Crippen molar-refractivity contribution in [1.82, 2.24) is 14.7 Å².